The number of amides is 1. The molecule has 0 aliphatic carbocycles. The minimum absolute atomic E-state index is 0.219. The van der Waals surface area contributed by atoms with E-state index in [4.69, 9.17) is 0 Å². The molecule has 3 rings (SSSR count). The Morgan fingerprint density at radius 1 is 1.21 bits per heavy atom. The predicted octanol–water partition coefficient (Wildman–Crippen LogP) is 6.80. The zero-order valence-corrected chi connectivity index (χ0v) is 25.4. The number of aryl methyl sites for hydroxylation is 2. The molecule has 1 amide bonds. The van der Waals surface area contributed by atoms with Crippen molar-refractivity contribution in [3.05, 3.63) is 81.6 Å². The van der Waals surface area contributed by atoms with Gasteiger partial charge in [-0.2, -0.15) is 24.4 Å². The van der Waals surface area contributed by atoms with Crippen LogP contribution < -0.4 is 10.6 Å². The number of thioether (sulfide) groups is 1. The average Bonchev–Trinajstić information content (AvgIpc) is 3.48. The molecular weight excluding hydrogens is 550 g/mol. The molecule has 4 unspecified atom stereocenters. The van der Waals surface area contributed by atoms with Gasteiger partial charge in [0.25, 0.3) is 5.91 Å². The summed E-state index contributed by atoms with van der Waals surface area (Å²) in [4.78, 5) is 18.0. The van der Waals surface area contributed by atoms with Gasteiger partial charge in [-0.1, -0.05) is 32.0 Å². The molecule has 1 aromatic heterocycles. The third kappa shape index (κ3) is 10.1. The molecule has 5 nitrogen and oxygen atoms in total. The number of thiazole rings is 1. The number of anilines is 1. The number of nitrogens with one attached hydrogen (secondary N) is 2. The Morgan fingerprint density at radius 2 is 1.97 bits per heavy atom. The van der Waals surface area contributed by atoms with E-state index in [9.17, 15) is 14.3 Å². The van der Waals surface area contributed by atoms with Gasteiger partial charge in [0, 0.05) is 34.6 Å². The second kappa shape index (κ2) is 16.3. The number of hydrogen-bond donors (Lipinski definition) is 4. The lowest BCUT2D eigenvalue weighted by molar-refractivity contribution is 0.0827. The standard InChI is InChI=1S/C30H40FN3O2S3/c1-4-25(37)17-20(2)19-33-24-12-9-22(8-5-21-6-10-23(31)11-7-21)26(18-24)29(36)34-27(13-15-38-3)28(35)30-32-14-16-39-30/h6-7,9-12,14,16,18,20,25,27-28,33,35,37H,4-5,8,13,15,17,19H2,1-3H3,(H,34,36). The lowest BCUT2D eigenvalue weighted by Crippen LogP contribution is -2.40. The molecule has 0 saturated heterocycles. The Labute approximate surface area is 245 Å². The summed E-state index contributed by atoms with van der Waals surface area (Å²) in [6.45, 7) is 5.13. The van der Waals surface area contributed by atoms with E-state index >= 15 is 0 Å². The molecule has 0 saturated carbocycles. The Kier molecular flexibility index (Phi) is 13.1. The first kappa shape index (κ1) is 31.5. The van der Waals surface area contributed by atoms with Crippen LogP contribution in [0.15, 0.2) is 54.0 Å². The number of carbonyl (C=O) groups excluding carboxylic acids is 1. The van der Waals surface area contributed by atoms with Crippen molar-refractivity contribution in [2.45, 2.75) is 63.3 Å². The number of rotatable bonds is 16. The van der Waals surface area contributed by atoms with Crippen LogP contribution in [0.4, 0.5) is 10.1 Å². The highest BCUT2D eigenvalue weighted by Crippen LogP contribution is 2.25. The molecule has 0 aliphatic heterocycles. The Morgan fingerprint density at radius 3 is 2.64 bits per heavy atom. The summed E-state index contributed by atoms with van der Waals surface area (Å²) in [5.41, 5.74) is 3.37. The number of hydrogen-bond acceptors (Lipinski definition) is 7. The van der Waals surface area contributed by atoms with Gasteiger partial charge < -0.3 is 15.7 Å². The van der Waals surface area contributed by atoms with E-state index in [1.165, 1.54) is 23.5 Å². The maximum absolute atomic E-state index is 13.7. The van der Waals surface area contributed by atoms with Gasteiger partial charge >= 0.3 is 0 Å². The van der Waals surface area contributed by atoms with E-state index in [2.05, 4.69) is 42.1 Å². The van der Waals surface area contributed by atoms with Crippen molar-refractivity contribution in [2.75, 3.05) is 23.9 Å². The van der Waals surface area contributed by atoms with Crippen molar-refractivity contribution in [3.63, 3.8) is 0 Å². The van der Waals surface area contributed by atoms with Gasteiger partial charge in [-0.05, 0) is 85.4 Å². The van der Waals surface area contributed by atoms with Crippen LogP contribution in [0, 0.1) is 11.7 Å². The van der Waals surface area contributed by atoms with Crippen LogP contribution in [0.2, 0.25) is 0 Å². The molecule has 212 valence electrons. The molecule has 0 radical (unpaired) electrons. The van der Waals surface area contributed by atoms with Crippen molar-refractivity contribution < 1.29 is 14.3 Å². The number of nitrogens with zero attached hydrogens (tertiary/aromatic N) is 1. The molecule has 0 aliphatic rings. The van der Waals surface area contributed by atoms with Gasteiger partial charge in [-0.25, -0.2) is 9.37 Å². The number of halogens is 1. The smallest absolute Gasteiger partial charge is 0.251 e. The number of benzene rings is 2. The van der Waals surface area contributed by atoms with E-state index in [-0.39, 0.29) is 11.7 Å². The average molecular weight is 590 g/mol. The molecule has 0 spiro atoms. The lowest BCUT2D eigenvalue weighted by atomic mass is 9.97. The summed E-state index contributed by atoms with van der Waals surface area (Å²) >= 11 is 7.69. The summed E-state index contributed by atoms with van der Waals surface area (Å²) in [5.74, 6) is 0.756. The molecule has 4 atom stereocenters. The molecular formula is C30H40FN3O2S3. The third-order valence-electron chi connectivity index (χ3n) is 6.79. The van der Waals surface area contributed by atoms with Gasteiger partial charge in [0.15, 0.2) is 0 Å². The SMILES string of the molecule is CCC(S)CC(C)CNc1ccc(CCc2ccc(F)cc2)c(C(=O)NC(CCSC)C(O)c2nccs2)c1. The molecule has 2 aromatic carbocycles. The topological polar surface area (TPSA) is 74.2 Å². The number of aliphatic hydroxyl groups excluding tert-OH is 1. The number of aliphatic hydroxyl groups is 1. The van der Waals surface area contributed by atoms with Crippen LogP contribution in [0.1, 0.15) is 65.7 Å². The van der Waals surface area contributed by atoms with Crippen LogP contribution in [0.5, 0.6) is 0 Å². The van der Waals surface area contributed by atoms with Gasteiger partial charge in [-0.3, -0.25) is 4.79 Å². The maximum Gasteiger partial charge on any atom is 0.251 e. The van der Waals surface area contributed by atoms with Gasteiger partial charge in [0.2, 0.25) is 0 Å². The van der Waals surface area contributed by atoms with Crippen LogP contribution in [0.3, 0.4) is 0 Å². The number of carbonyl (C=O) groups is 1. The highest BCUT2D eigenvalue weighted by Gasteiger charge is 2.26. The zero-order valence-electron chi connectivity index (χ0n) is 22.9. The van der Waals surface area contributed by atoms with Crippen molar-refractivity contribution in [1.29, 1.82) is 0 Å². The second-order valence-corrected chi connectivity index (χ2v) is 12.6. The Hall–Kier alpha value is -2.07. The predicted molar refractivity (Wildman–Crippen MR) is 167 cm³/mol. The number of aromatic nitrogens is 1. The van der Waals surface area contributed by atoms with Crippen molar-refractivity contribution in [1.82, 2.24) is 10.3 Å². The Bertz CT molecular complexity index is 1140. The molecule has 1 heterocycles. The fraction of sp³-hybridized carbons (Fsp3) is 0.467. The minimum atomic E-state index is -0.876. The monoisotopic (exact) mass is 589 g/mol. The molecule has 3 N–H and O–H groups in total. The largest absolute Gasteiger partial charge is 0.385 e. The first-order valence-corrected chi connectivity index (χ1v) is 16.3. The third-order valence-corrected chi connectivity index (χ3v) is 8.85. The fourth-order valence-corrected chi connectivity index (χ4v) is 5.94. The van der Waals surface area contributed by atoms with Crippen LogP contribution in [-0.4, -0.2) is 45.8 Å². The summed E-state index contributed by atoms with van der Waals surface area (Å²) in [5, 5.41) is 20.4. The molecule has 0 fully saturated rings. The lowest BCUT2D eigenvalue weighted by Gasteiger charge is -2.24. The van der Waals surface area contributed by atoms with E-state index in [0.29, 0.717) is 41.0 Å². The number of thiol groups is 1. The zero-order chi connectivity index (χ0) is 28.2. The summed E-state index contributed by atoms with van der Waals surface area (Å²) in [7, 11) is 0. The molecule has 9 heteroatoms. The van der Waals surface area contributed by atoms with E-state index in [0.717, 1.165) is 42.0 Å². The van der Waals surface area contributed by atoms with E-state index in [1.807, 2.05) is 29.8 Å². The summed E-state index contributed by atoms with van der Waals surface area (Å²) < 4.78 is 13.4. The molecule has 39 heavy (non-hydrogen) atoms. The Balaban J connectivity index is 1.81. The highest BCUT2D eigenvalue weighted by molar-refractivity contribution is 7.98. The van der Waals surface area contributed by atoms with Gasteiger partial charge in [-0.15, -0.1) is 11.3 Å². The van der Waals surface area contributed by atoms with Gasteiger partial charge in [0.1, 0.15) is 16.9 Å². The van der Waals surface area contributed by atoms with Crippen molar-refractivity contribution in [3.8, 4) is 0 Å². The summed E-state index contributed by atoms with van der Waals surface area (Å²) in [6.07, 6.45) is 6.78. The highest BCUT2D eigenvalue weighted by atomic mass is 32.2. The fourth-order valence-electron chi connectivity index (χ4n) is 4.40. The van der Waals surface area contributed by atoms with E-state index in [1.54, 1.807) is 30.1 Å². The molecule has 0 bridgehead atoms. The minimum Gasteiger partial charge on any atom is -0.385 e. The second-order valence-electron chi connectivity index (χ2n) is 9.96. The summed E-state index contributed by atoms with van der Waals surface area (Å²) in [6, 6.07) is 11.9. The normalized spacial score (nSPS) is 14.4. The maximum atomic E-state index is 13.7. The molecule has 3 aromatic rings. The first-order chi connectivity index (χ1) is 18.8. The van der Waals surface area contributed by atoms with Crippen LogP contribution >= 0.6 is 35.7 Å². The van der Waals surface area contributed by atoms with Crippen molar-refractivity contribution in [2.24, 2.45) is 5.92 Å². The van der Waals surface area contributed by atoms with Crippen molar-refractivity contribution >= 4 is 47.3 Å². The van der Waals surface area contributed by atoms with Crippen LogP contribution in [-0.2, 0) is 12.8 Å². The first-order valence-electron chi connectivity index (χ1n) is 13.5. The van der Waals surface area contributed by atoms with Gasteiger partial charge in [0.05, 0.1) is 6.04 Å². The quantitative estimate of drug-likeness (QED) is 0.138. The van der Waals surface area contributed by atoms with E-state index < -0.39 is 12.1 Å². The van der Waals surface area contributed by atoms with Crippen LogP contribution in [0.25, 0.3) is 0 Å².